The Hall–Kier alpha value is -1.66. The van der Waals surface area contributed by atoms with Crippen molar-refractivity contribution in [3.8, 4) is 0 Å². The SMILES string of the molecule is O=C(Cc1cccc(Br)c1)Nc1cc(Br)ccc1C(=O)O. The van der Waals surface area contributed by atoms with E-state index in [9.17, 15) is 9.59 Å². The number of halogens is 2. The summed E-state index contributed by atoms with van der Waals surface area (Å²) in [5.41, 5.74) is 1.17. The highest BCUT2D eigenvalue weighted by molar-refractivity contribution is 9.10. The molecule has 0 unspecified atom stereocenters. The van der Waals surface area contributed by atoms with Crippen LogP contribution in [0.2, 0.25) is 0 Å². The normalized spacial score (nSPS) is 10.2. The summed E-state index contributed by atoms with van der Waals surface area (Å²) in [6, 6.07) is 12.0. The second-order valence-electron chi connectivity index (χ2n) is 4.35. The average molecular weight is 413 g/mol. The molecule has 2 rings (SSSR count). The molecule has 1 amide bonds. The number of hydrogen-bond donors (Lipinski definition) is 2. The molecule has 0 saturated heterocycles. The topological polar surface area (TPSA) is 66.4 Å². The van der Waals surface area contributed by atoms with Crippen LogP contribution in [0.3, 0.4) is 0 Å². The minimum absolute atomic E-state index is 0.0563. The van der Waals surface area contributed by atoms with Crippen LogP contribution < -0.4 is 5.32 Å². The van der Waals surface area contributed by atoms with Crippen LogP contribution >= 0.6 is 31.9 Å². The number of rotatable bonds is 4. The van der Waals surface area contributed by atoms with Crippen molar-refractivity contribution in [3.63, 3.8) is 0 Å². The van der Waals surface area contributed by atoms with Crippen molar-refractivity contribution >= 4 is 49.4 Å². The number of amides is 1. The summed E-state index contributed by atoms with van der Waals surface area (Å²) < 4.78 is 1.59. The first kappa shape index (κ1) is 15.7. The third-order valence-electron chi connectivity index (χ3n) is 2.74. The van der Waals surface area contributed by atoms with Gasteiger partial charge in [-0.15, -0.1) is 0 Å². The van der Waals surface area contributed by atoms with Crippen molar-refractivity contribution in [2.24, 2.45) is 0 Å². The molecule has 21 heavy (non-hydrogen) atoms. The van der Waals surface area contributed by atoms with Gasteiger partial charge in [-0.25, -0.2) is 4.79 Å². The molecule has 0 heterocycles. The molecule has 6 heteroatoms. The fourth-order valence-electron chi connectivity index (χ4n) is 1.83. The summed E-state index contributed by atoms with van der Waals surface area (Å²) in [5, 5.41) is 11.8. The summed E-state index contributed by atoms with van der Waals surface area (Å²) in [4.78, 5) is 23.2. The van der Waals surface area contributed by atoms with Gasteiger partial charge < -0.3 is 10.4 Å². The molecule has 0 atom stereocenters. The maximum Gasteiger partial charge on any atom is 0.337 e. The molecular weight excluding hydrogens is 402 g/mol. The van der Waals surface area contributed by atoms with E-state index < -0.39 is 5.97 Å². The number of anilines is 1. The summed E-state index contributed by atoms with van der Waals surface area (Å²) >= 11 is 6.60. The van der Waals surface area contributed by atoms with E-state index in [1.54, 1.807) is 12.1 Å². The molecule has 0 radical (unpaired) electrons. The number of hydrogen-bond acceptors (Lipinski definition) is 2. The number of nitrogens with one attached hydrogen (secondary N) is 1. The molecular formula is C15H11Br2NO3. The smallest absolute Gasteiger partial charge is 0.337 e. The van der Waals surface area contributed by atoms with E-state index in [1.807, 2.05) is 24.3 Å². The minimum Gasteiger partial charge on any atom is -0.478 e. The minimum atomic E-state index is -1.08. The van der Waals surface area contributed by atoms with Gasteiger partial charge in [0.1, 0.15) is 0 Å². The Morgan fingerprint density at radius 3 is 2.43 bits per heavy atom. The standard InChI is InChI=1S/C15H11Br2NO3/c16-10-3-1-2-9(6-10)7-14(19)18-13-8-11(17)4-5-12(13)15(20)21/h1-6,8H,7H2,(H,18,19)(H,20,21). The van der Waals surface area contributed by atoms with Gasteiger partial charge in [-0.1, -0.05) is 44.0 Å². The zero-order chi connectivity index (χ0) is 15.4. The average Bonchev–Trinajstić information content (AvgIpc) is 2.38. The zero-order valence-electron chi connectivity index (χ0n) is 10.8. The van der Waals surface area contributed by atoms with E-state index in [2.05, 4.69) is 37.2 Å². The van der Waals surface area contributed by atoms with E-state index in [-0.39, 0.29) is 23.6 Å². The molecule has 0 aromatic heterocycles. The molecule has 0 bridgehead atoms. The molecule has 0 spiro atoms. The maximum absolute atomic E-state index is 12.0. The molecule has 2 aromatic carbocycles. The van der Waals surface area contributed by atoms with Crippen LogP contribution in [0.5, 0.6) is 0 Å². The van der Waals surface area contributed by atoms with Gasteiger partial charge in [-0.05, 0) is 35.9 Å². The lowest BCUT2D eigenvalue weighted by Crippen LogP contribution is -2.16. The van der Waals surface area contributed by atoms with E-state index in [0.29, 0.717) is 4.47 Å². The quantitative estimate of drug-likeness (QED) is 0.794. The molecule has 0 aliphatic rings. The number of carbonyl (C=O) groups is 2. The number of carbonyl (C=O) groups excluding carboxylic acids is 1. The molecule has 2 aromatic rings. The fraction of sp³-hybridized carbons (Fsp3) is 0.0667. The van der Waals surface area contributed by atoms with Crippen LogP contribution in [0.15, 0.2) is 51.4 Å². The molecule has 108 valence electrons. The first-order valence-electron chi connectivity index (χ1n) is 6.03. The molecule has 2 N–H and O–H groups in total. The van der Waals surface area contributed by atoms with E-state index in [1.165, 1.54) is 6.07 Å². The molecule has 4 nitrogen and oxygen atoms in total. The van der Waals surface area contributed by atoms with Gasteiger partial charge in [0.15, 0.2) is 0 Å². The van der Waals surface area contributed by atoms with E-state index in [0.717, 1.165) is 10.0 Å². The molecule has 0 aliphatic carbocycles. The van der Waals surface area contributed by atoms with E-state index >= 15 is 0 Å². The van der Waals surface area contributed by atoms with E-state index in [4.69, 9.17) is 5.11 Å². The van der Waals surface area contributed by atoms with Crippen LogP contribution in [0.25, 0.3) is 0 Å². The van der Waals surface area contributed by atoms with Gasteiger partial charge in [0, 0.05) is 8.95 Å². The Balaban J connectivity index is 2.16. The highest BCUT2D eigenvalue weighted by Gasteiger charge is 2.13. The zero-order valence-corrected chi connectivity index (χ0v) is 13.9. The Bertz CT molecular complexity index is 701. The summed E-state index contributed by atoms with van der Waals surface area (Å²) in [5.74, 6) is -1.35. The number of aromatic carboxylic acids is 1. The first-order chi connectivity index (χ1) is 9.95. The van der Waals surface area contributed by atoms with Crippen molar-refractivity contribution in [2.75, 3.05) is 5.32 Å². The van der Waals surface area contributed by atoms with Gasteiger partial charge in [0.05, 0.1) is 17.7 Å². The lowest BCUT2D eigenvalue weighted by atomic mass is 10.1. The van der Waals surface area contributed by atoms with Crippen molar-refractivity contribution in [2.45, 2.75) is 6.42 Å². The third kappa shape index (κ3) is 4.41. The van der Waals surface area contributed by atoms with Crippen molar-refractivity contribution in [3.05, 3.63) is 62.5 Å². The van der Waals surface area contributed by atoms with Gasteiger partial charge in [0.25, 0.3) is 0 Å². The number of benzene rings is 2. The predicted octanol–water partition coefficient (Wildman–Crippen LogP) is 4.09. The van der Waals surface area contributed by atoms with Crippen LogP contribution in [0.4, 0.5) is 5.69 Å². The largest absolute Gasteiger partial charge is 0.478 e. The highest BCUT2D eigenvalue weighted by Crippen LogP contribution is 2.22. The van der Waals surface area contributed by atoms with Gasteiger partial charge in [0.2, 0.25) is 5.91 Å². The molecule has 0 saturated carbocycles. The highest BCUT2D eigenvalue weighted by atomic mass is 79.9. The van der Waals surface area contributed by atoms with Crippen LogP contribution in [-0.4, -0.2) is 17.0 Å². The van der Waals surface area contributed by atoms with Crippen LogP contribution in [0, 0.1) is 0 Å². The van der Waals surface area contributed by atoms with Gasteiger partial charge in [-0.2, -0.15) is 0 Å². The second-order valence-corrected chi connectivity index (χ2v) is 6.18. The lowest BCUT2D eigenvalue weighted by molar-refractivity contribution is -0.115. The van der Waals surface area contributed by atoms with Crippen molar-refractivity contribution in [1.29, 1.82) is 0 Å². The Kier molecular flexibility index (Phi) is 5.14. The number of carboxylic acids is 1. The summed E-state index contributed by atoms with van der Waals surface area (Å²) in [6.45, 7) is 0. The Labute approximate surface area is 138 Å². The van der Waals surface area contributed by atoms with Crippen molar-refractivity contribution in [1.82, 2.24) is 0 Å². The maximum atomic E-state index is 12.0. The number of carboxylic acid groups (broad SMARTS) is 1. The molecule has 0 fully saturated rings. The first-order valence-corrected chi connectivity index (χ1v) is 7.61. The summed E-state index contributed by atoms with van der Waals surface area (Å²) in [6.07, 6.45) is 0.172. The predicted molar refractivity (Wildman–Crippen MR) is 87.6 cm³/mol. The monoisotopic (exact) mass is 411 g/mol. The van der Waals surface area contributed by atoms with Crippen LogP contribution in [0.1, 0.15) is 15.9 Å². The fourth-order valence-corrected chi connectivity index (χ4v) is 2.64. The lowest BCUT2D eigenvalue weighted by Gasteiger charge is -2.09. The van der Waals surface area contributed by atoms with Crippen LogP contribution in [-0.2, 0) is 11.2 Å². The second kappa shape index (κ2) is 6.87. The Morgan fingerprint density at radius 2 is 1.76 bits per heavy atom. The summed E-state index contributed by atoms with van der Waals surface area (Å²) in [7, 11) is 0. The Morgan fingerprint density at radius 1 is 1.05 bits per heavy atom. The third-order valence-corrected chi connectivity index (χ3v) is 3.73. The van der Waals surface area contributed by atoms with Crippen molar-refractivity contribution < 1.29 is 14.7 Å². The van der Waals surface area contributed by atoms with Gasteiger partial charge >= 0.3 is 5.97 Å². The van der Waals surface area contributed by atoms with Gasteiger partial charge in [-0.3, -0.25) is 4.79 Å². The molecule has 0 aliphatic heterocycles.